The Bertz CT molecular complexity index is 1420. The van der Waals surface area contributed by atoms with Gasteiger partial charge in [-0.05, 0) is 79.9 Å². The Kier molecular flexibility index (Phi) is 6.30. The number of rotatable bonds is 5. The predicted octanol–water partition coefficient (Wildman–Crippen LogP) is 4.65. The van der Waals surface area contributed by atoms with Gasteiger partial charge in [0.2, 0.25) is 10.0 Å². The molecule has 0 radical (unpaired) electrons. The van der Waals surface area contributed by atoms with Gasteiger partial charge in [-0.1, -0.05) is 25.0 Å². The van der Waals surface area contributed by atoms with E-state index in [-0.39, 0.29) is 28.7 Å². The van der Waals surface area contributed by atoms with E-state index in [4.69, 9.17) is 0 Å². The maximum atomic E-state index is 13.6. The third-order valence-electron chi connectivity index (χ3n) is 7.42. The molecule has 188 valence electrons. The van der Waals surface area contributed by atoms with Crippen LogP contribution in [0, 0.1) is 12.7 Å². The van der Waals surface area contributed by atoms with E-state index in [9.17, 15) is 17.6 Å². The summed E-state index contributed by atoms with van der Waals surface area (Å²) >= 11 is 0. The third kappa shape index (κ3) is 4.37. The molecule has 0 bridgehead atoms. The lowest BCUT2D eigenvalue weighted by Crippen LogP contribution is -2.41. The average Bonchev–Trinajstić information content (AvgIpc) is 3.48. The zero-order chi connectivity index (χ0) is 25.5. The van der Waals surface area contributed by atoms with Crippen LogP contribution in [-0.2, 0) is 22.0 Å². The van der Waals surface area contributed by atoms with E-state index in [0.717, 1.165) is 59.3 Å². The summed E-state index contributed by atoms with van der Waals surface area (Å²) in [6, 6.07) is 13.0. The summed E-state index contributed by atoms with van der Waals surface area (Å²) in [5, 5.41) is 2.97. The summed E-state index contributed by atoms with van der Waals surface area (Å²) in [4.78, 5) is 19.9. The van der Waals surface area contributed by atoms with Gasteiger partial charge in [0, 0.05) is 24.1 Å². The molecule has 0 unspecified atom stereocenters. The van der Waals surface area contributed by atoms with Crippen molar-refractivity contribution in [3.63, 3.8) is 0 Å². The first-order valence-electron chi connectivity index (χ1n) is 12.1. The van der Waals surface area contributed by atoms with Crippen molar-refractivity contribution in [1.29, 1.82) is 0 Å². The molecule has 36 heavy (non-hydrogen) atoms. The molecule has 2 N–H and O–H groups in total. The molecule has 2 aliphatic rings. The fourth-order valence-electron chi connectivity index (χ4n) is 5.46. The first-order valence-corrected chi connectivity index (χ1v) is 13.6. The minimum absolute atomic E-state index is 0.0958. The molecule has 7 nitrogen and oxygen atoms in total. The number of aryl methyl sites for hydroxylation is 1. The number of aromatic nitrogens is 1. The molecule has 2 amide bonds. The van der Waals surface area contributed by atoms with Gasteiger partial charge in [-0.25, -0.2) is 22.3 Å². The predicted molar refractivity (Wildman–Crippen MR) is 137 cm³/mol. The van der Waals surface area contributed by atoms with Gasteiger partial charge in [-0.2, -0.15) is 0 Å². The second-order valence-electron chi connectivity index (χ2n) is 9.63. The Labute approximate surface area is 210 Å². The number of hydrogen-bond donors (Lipinski definition) is 2. The highest BCUT2D eigenvalue weighted by molar-refractivity contribution is 7.89. The van der Waals surface area contributed by atoms with Crippen LogP contribution in [-0.4, -0.2) is 33.0 Å². The van der Waals surface area contributed by atoms with E-state index in [2.05, 4.69) is 21.1 Å². The number of carbonyl (C=O) groups excluding carboxylic acids is 1. The molecule has 2 heterocycles. The van der Waals surface area contributed by atoms with E-state index < -0.39 is 10.0 Å². The number of fused-ring (bicyclic) bond motifs is 2. The van der Waals surface area contributed by atoms with Crippen molar-refractivity contribution in [2.45, 2.75) is 49.5 Å². The Morgan fingerprint density at radius 3 is 2.50 bits per heavy atom. The van der Waals surface area contributed by atoms with Crippen molar-refractivity contribution in [3.8, 4) is 11.3 Å². The topological polar surface area (TPSA) is 91.4 Å². The van der Waals surface area contributed by atoms with E-state index in [1.165, 1.54) is 31.3 Å². The fourth-order valence-corrected chi connectivity index (χ4v) is 6.19. The molecule has 1 saturated carbocycles. The molecule has 1 spiro atoms. The highest BCUT2D eigenvalue weighted by Gasteiger charge is 2.46. The van der Waals surface area contributed by atoms with Gasteiger partial charge in [-0.3, -0.25) is 9.88 Å². The summed E-state index contributed by atoms with van der Waals surface area (Å²) < 4.78 is 39.8. The number of benzene rings is 2. The van der Waals surface area contributed by atoms with E-state index in [0.29, 0.717) is 6.54 Å². The number of nitrogens with zero attached hydrogens (tertiary/aromatic N) is 2. The normalized spacial score (nSPS) is 16.4. The van der Waals surface area contributed by atoms with Gasteiger partial charge < -0.3 is 5.32 Å². The van der Waals surface area contributed by atoms with Crippen LogP contribution in [0.3, 0.4) is 0 Å². The summed E-state index contributed by atoms with van der Waals surface area (Å²) in [6.07, 6.45) is 6.01. The summed E-state index contributed by atoms with van der Waals surface area (Å²) in [7, 11) is -2.14. The Morgan fingerprint density at radius 2 is 1.83 bits per heavy atom. The van der Waals surface area contributed by atoms with Crippen molar-refractivity contribution in [1.82, 2.24) is 15.0 Å². The van der Waals surface area contributed by atoms with Gasteiger partial charge >= 0.3 is 6.03 Å². The monoisotopic (exact) mass is 508 g/mol. The minimum Gasteiger partial charge on any atom is -0.334 e. The fraction of sp³-hybridized carbons (Fsp3) is 0.333. The number of nitrogens with one attached hydrogen (secondary N) is 2. The zero-order valence-corrected chi connectivity index (χ0v) is 21.2. The molecule has 0 atom stereocenters. The van der Waals surface area contributed by atoms with Crippen molar-refractivity contribution in [3.05, 3.63) is 77.2 Å². The number of sulfonamides is 1. The van der Waals surface area contributed by atoms with Crippen LogP contribution in [0.5, 0.6) is 0 Å². The van der Waals surface area contributed by atoms with Gasteiger partial charge in [0.1, 0.15) is 5.82 Å². The summed E-state index contributed by atoms with van der Waals surface area (Å²) in [5.41, 5.74) is 5.15. The molecular formula is C27H29FN4O3S. The molecule has 1 aliphatic heterocycles. The highest BCUT2D eigenvalue weighted by Crippen LogP contribution is 2.51. The summed E-state index contributed by atoms with van der Waals surface area (Å²) in [6.45, 7) is 2.75. The van der Waals surface area contributed by atoms with Crippen LogP contribution < -0.4 is 14.9 Å². The molecule has 1 aromatic heterocycles. The standard InChI is InChI=1S/C27H29FN4O3S/c1-18-13-20(28)7-10-22(18)24-14-23-25(16-30-24)32(17-27(23)11-3-4-12-27)26(33)31-15-19-5-8-21(9-6-19)36(34,35)29-2/h5-10,13-14,16,29H,3-4,11-12,15,17H2,1-2H3,(H,31,33). The molecule has 1 aliphatic carbocycles. The SMILES string of the molecule is CNS(=O)(=O)c1ccc(CNC(=O)N2CC3(CCCC3)c3cc(-c4ccc(F)cc4C)ncc32)cc1. The number of hydrogen-bond acceptors (Lipinski definition) is 4. The molecule has 9 heteroatoms. The van der Waals surface area contributed by atoms with Crippen LogP contribution in [0.2, 0.25) is 0 Å². The number of urea groups is 1. The quantitative estimate of drug-likeness (QED) is 0.525. The molecular weight excluding hydrogens is 479 g/mol. The first-order chi connectivity index (χ1) is 17.2. The lowest BCUT2D eigenvalue weighted by molar-refractivity contribution is 0.245. The van der Waals surface area contributed by atoms with Gasteiger partial charge in [-0.15, -0.1) is 0 Å². The maximum absolute atomic E-state index is 13.6. The third-order valence-corrected chi connectivity index (χ3v) is 8.85. The van der Waals surface area contributed by atoms with Gasteiger partial charge in [0.05, 0.1) is 22.5 Å². The van der Waals surface area contributed by atoms with Crippen LogP contribution in [0.1, 0.15) is 42.4 Å². The maximum Gasteiger partial charge on any atom is 0.322 e. The number of pyridine rings is 1. The molecule has 1 fully saturated rings. The van der Waals surface area contributed by atoms with E-state index in [1.54, 1.807) is 29.3 Å². The Morgan fingerprint density at radius 1 is 1.11 bits per heavy atom. The van der Waals surface area contributed by atoms with Crippen LogP contribution in [0.15, 0.2) is 59.6 Å². The largest absolute Gasteiger partial charge is 0.334 e. The molecule has 5 rings (SSSR count). The second-order valence-corrected chi connectivity index (χ2v) is 11.5. The Hall–Kier alpha value is -3.30. The molecule has 3 aromatic rings. The van der Waals surface area contributed by atoms with Gasteiger partial charge in [0.15, 0.2) is 0 Å². The lowest BCUT2D eigenvalue weighted by atomic mass is 9.80. The molecule has 2 aromatic carbocycles. The molecule has 0 saturated heterocycles. The number of halogens is 1. The highest BCUT2D eigenvalue weighted by atomic mass is 32.2. The van der Waals surface area contributed by atoms with Crippen LogP contribution >= 0.6 is 0 Å². The average molecular weight is 509 g/mol. The van der Waals surface area contributed by atoms with Crippen molar-refractivity contribution in [2.24, 2.45) is 0 Å². The number of anilines is 1. The van der Waals surface area contributed by atoms with Crippen molar-refractivity contribution < 1.29 is 17.6 Å². The lowest BCUT2D eigenvalue weighted by Gasteiger charge is -2.25. The van der Waals surface area contributed by atoms with Crippen LogP contribution in [0.4, 0.5) is 14.9 Å². The summed E-state index contributed by atoms with van der Waals surface area (Å²) in [5.74, 6) is -0.272. The van der Waals surface area contributed by atoms with Crippen LogP contribution in [0.25, 0.3) is 11.3 Å². The van der Waals surface area contributed by atoms with E-state index in [1.807, 2.05) is 6.92 Å². The Balaban J connectivity index is 1.38. The van der Waals surface area contributed by atoms with Gasteiger partial charge in [0.25, 0.3) is 0 Å². The smallest absolute Gasteiger partial charge is 0.322 e. The zero-order valence-electron chi connectivity index (χ0n) is 20.3. The minimum atomic E-state index is -3.51. The number of amides is 2. The second kappa shape index (κ2) is 9.29. The van der Waals surface area contributed by atoms with Crippen molar-refractivity contribution >= 4 is 21.7 Å². The van der Waals surface area contributed by atoms with Crippen molar-refractivity contribution in [2.75, 3.05) is 18.5 Å². The number of carbonyl (C=O) groups is 1. The van der Waals surface area contributed by atoms with E-state index >= 15 is 0 Å². The first kappa shape index (κ1) is 24.4.